The first kappa shape index (κ1) is 32.0. The molecule has 8 nitrogen and oxygen atoms in total. The summed E-state index contributed by atoms with van der Waals surface area (Å²) in [7, 11) is -4.69. The Morgan fingerprint density at radius 2 is 0.822 bits per heavy atom. The molecule has 232 valence electrons. The van der Waals surface area contributed by atoms with Gasteiger partial charge in [0.25, 0.3) is 0 Å². The van der Waals surface area contributed by atoms with E-state index < -0.39 is 16.2 Å². The van der Waals surface area contributed by atoms with Crippen LogP contribution in [0, 0.1) is 10.2 Å². The highest BCUT2D eigenvalue weighted by molar-refractivity contribution is 5.90. The zero-order chi connectivity index (χ0) is 31.9. The van der Waals surface area contributed by atoms with Crippen LogP contribution in [0.3, 0.4) is 0 Å². The molecule has 0 atom stereocenters. The summed E-state index contributed by atoms with van der Waals surface area (Å²) in [5, 5.41) is 6.26. The molecule has 0 saturated carbocycles. The number of nitrogens with zero attached hydrogens (tertiary/aromatic N) is 1. The Balaban J connectivity index is 0.000000743. The maximum atomic E-state index is 8.60. The van der Waals surface area contributed by atoms with Crippen molar-refractivity contribution in [1.82, 2.24) is 4.90 Å². The Labute approximate surface area is 264 Å². The lowest BCUT2D eigenvalue weighted by atomic mass is 10.1. The molecule has 0 heterocycles. The molecule has 0 unspecified atom stereocenters. The van der Waals surface area contributed by atoms with Gasteiger partial charge in [-0.25, -0.2) is 0 Å². The molecule has 0 aliphatic heterocycles. The van der Waals surface area contributed by atoms with E-state index in [1.54, 1.807) is 0 Å². The van der Waals surface area contributed by atoms with Gasteiger partial charge in [0.2, 0.25) is 0 Å². The van der Waals surface area contributed by atoms with E-state index in [-0.39, 0.29) is 0 Å². The monoisotopic (exact) mass is 627 g/mol. The first-order valence-corrected chi connectivity index (χ1v) is 15.8. The average Bonchev–Trinajstić information content (AvgIpc) is 3.03. The number of hydrogen-bond donors (Lipinski definition) is 1. The molecule has 1 N–H and O–H groups in total. The minimum Gasteiger partial charge on any atom is -0.419 e. The van der Waals surface area contributed by atoms with Crippen molar-refractivity contribution in [2.75, 3.05) is 19.6 Å². The van der Waals surface area contributed by atoms with E-state index in [0.29, 0.717) is 23.8 Å². The third kappa shape index (κ3) is 8.20. The Bertz CT molecular complexity index is 1650. The van der Waals surface area contributed by atoms with Crippen LogP contribution in [0.2, 0.25) is 0 Å². The van der Waals surface area contributed by atoms with Crippen LogP contribution in [0.25, 0.3) is 32.3 Å². The normalized spacial score (nSPS) is 11.8. The highest BCUT2D eigenvalue weighted by atomic mass is 35.7. The summed E-state index contributed by atoms with van der Waals surface area (Å²) in [4.78, 5) is 2.27. The highest BCUT2D eigenvalue weighted by Crippen LogP contribution is 2.36. The lowest BCUT2D eigenvalue weighted by Crippen LogP contribution is -2.58. The predicted octanol–water partition coefficient (Wildman–Crippen LogP) is 4.55. The minimum absolute atomic E-state index is 0.385. The topological polar surface area (TPSA) is 120 Å². The van der Waals surface area contributed by atoms with Gasteiger partial charge in [-0.15, -0.1) is 0 Å². The van der Waals surface area contributed by atoms with Gasteiger partial charge in [-0.05, 0) is 47.4 Å². The second-order valence-corrected chi connectivity index (χ2v) is 11.1. The molecular formula is C36H34ClNO7. The summed E-state index contributed by atoms with van der Waals surface area (Å²) < 4.78 is 53.6. The van der Waals surface area contributed by atoms with Crippen molar-refractivity contribution < 1.29 is 43.1 Å². The zero-order valence-corrected chi connectivity index (χ0v) is 25.7. The van der Waals surface area contributed by atoms with Gasteiger partial charge in [-0.3, -0.25) is 4.90 Å². The third-order valence-corrected chi connectivity index (χ3v) is 7.36. The summed E-state index contributed by atoms with van der Waals surface area (Å²) in [5.74, 6) is 0.604. The van der Waals surface area contributed by atoms with Crippen LogP contribution in [-0.4, -0.2) is 35.2 Å². The molecule has 6 rings (SSSR count). The number of benzene rings is 6. The maximum Gasteiger partial charge on any atom is 0.430 e. The summed E-state index contributed by atoms with van der Waals surface area (Å²) in [5.41, 5.74) is 0. The standard InChI is InChI=1S/C36H33NO3.ClHO4/c1-3-37(4-2)26-36(38-33-23-11-17-27-14-5-8-20-30(27)33,39-34-24-12-18-28-15-6-9-21-31(28)34)40-35-25-13-19-29-16-7-10-22-32(29)35;2-1(3,4)5/h5-25H,3-4,26H2,1-2H3;(H,2,3,4,5). The van der Waals surface area contributed by atoms with Crippen LogP contribution in [0.15, 0.2) is 127 Å². The summed E-state index contributed by atoms with van der Waals surface area (Å²) >= 11 is 0. The lowest BCUT2D eigenvalue weighted by molar-refractivity contribution is -1.92. The smallest absolute Gasteiger partial charge is 0.419 e. The van der Waals surface area contributed by atoms with Crippen molar-refractivity contribution in [3.63, 3.8) is 0 Å². The van der Waals surface area contributed by atoms with Crippen molar-refractivity contribution in [3.05, 3.63) is 127 Å². The van der Waals surface area contributed by atoms with Crippen molar-refractivity contribution >= 4 is 32.3 Å². The summed E-state index contributed by atoms with van der Waals surface area (Å²) in [6, 6.07) is 42.9. The molecule has 0 aliphatic rings. The fraction of sp³-hybridized carbons (Fsp3) is 0.167. The molecule has 0 aromatic heterocycles. The molecule has 6 aromatic rings. The third-order valence-electron chi connectivity index (χ3n) is 7.36. The number of halogens is 1. The molecule has 0 fully saturated rings. The molecular weight excluding hydrogens is 594 g/mol. The van der Waals surface area contributed by atoms with E-state index in [2.05, 4.69) is 73.3 Å². The second kappa shape index (κ2) is 14.1. The van der Waals surface area contributed by atoms with Crippen LogP contribution in [-0.2, 0) is 0 Å². The van der Waals surface area contributed by atoms with Crippen molar-refractivity contribution in [2.45, 2.75) is 19.8 Å². The molecule has 0 radical (unpaired) electrons. The lowest BCUT2D eigenvalue weighted by Gasteiger charge is -2.38. The van der Waals surface area contributed by atoms with E-state index in [1.807, 2.05) is 72.8 Å². The van der Waals surface area contributed by atoms with E-state index in [1.165, 1.54) is 0 Å². The van der Waals surface area contributed by atoms with Crippen molar-refractivity contribution in [1.29, 1.82) is 0 Å². The molecule has 0 saturated heterocycles. The summed E-state index contributed by atoms with van der Waals surface area (Å²) in [6.45, 7) is 6.30. The van der Waals surface area contributed by atoms with Crippen molar-refractivity contribution in [2.24, 2.45) is 0 Å². The Morgan fingerprint density at radius 1 is 0.533 bits per heavy atom. The number of likely N-dealkylation sites (N-methyl/N-ethyl adjacent to an activating group) is 1. The van der Waals surface area contributed by atoms with Crippen LogP contribution >= 0.6 is 0 Å². The van der Waals surface area contributed by atoms with Gasteiger partial charge < -0.3 is 14.2 Å². The van der Waals surface area contributed by atoms with Gasteiger partial charge in [-0.2, -0.15) is 14.0 Å². The van der Waals surface area contributed by atoms with E-state index in [0.717, 1.165) is 45.4 Å². The van der Waals surface area contributed by atoms with Crippen LogP contribution < -0.4 is 28.2 Å². The molecule has 0 aliphatic carbocycles. The molecule has 45 heavy (non-hydrogen) atoms. The van der Waals surface area contributed by atoms with E-state index >= 15 is 0 Å². The zero-order valence-electron chi connectivity index (χ0n) is 25.0. The second-order valence-electron chi connectivity index (χ2n) is 10.3. The average molecular weight is 628 g/mol. The van der Waals surface area contributed by atoms with Gasteiger partial charge in [0.1, 0.15) is 23.8 Å². The first-order valence-electron chi connectivity index (χ1n) is 14.5. The molecule has 0 spiro atoms. The van der Waals surface area contributed by atoms with Crippen LogP contribution in [0.1, 0.15) is 13.8 Å². The fourth-order valence-electron chi connectivity index (χ4n) is 5.24. The van der Waals surface area contributed by atoms with Gasteiger partial charge in [0, 0.05) is 16.2 Å². The van der Waals surface area contributed by atoms with E-state index in [9.17, 15) is 0 Å². The van der Waals surface area contributed by atoms with Gasteiger partial charge >= 0.3 is 5.97 Å². The SMILES string of the molecule is CCN(CC)CC(Oc1cccc2ccccc12)(Oc1cccc2ccccc12)Oc1cccc2ccccc12.[O-][Cl+3]([O-])([O-])O. The van der Waals surface area contributed by atoms with Crippen LogP contribution in [0.4, 0.5) is 0 Å². The molecule has 6 aromatic carbocycles. The van der Waals surface area contributed by atoms with Gasteiger partial charge in [-0.1, -0.05) is 123 Å². The van der Waals surface area contributed by atoms with Crippen LogP contribution in [0.5, 0.6) is 17.2 Å². The number of rotatable bonds is 10. The number of hydrogen-bond acceptors (Lipinski definition) is 8. The number of ether oxygens (including phenoxy) is 3. The fourth-order valence-corrected chi connectivity index (χ4v) is 5.24. The maximum absolute atomic E-state index is 8.60. The van der Waals surface area contributed by atoms with Gasteiger partial charge in [0.05, 0.1) is 14.9 Å². The molecule has 0 bridgehead atoms. The number of fused-ring (bicyclic) bond motifs is 3. The largest absolute Gasteiger partial charge is 0.430 e. The molecule has 0 amide bonds. The van der Waals surface area contributed by atoms with Crippen molar-refractivity contribution in [3.8, 4) is 17.2 Å². The van der Waals surface area contributed by atoms with E-state index in [4.69, 9.17) is 32.8 Å². The predicted molar refractivity (Wildman–Crippen MR) is 166 cm³/mol. The Morgan fingerprint density at radius 3 is 1.13 bits per heavy atom. The quantitative estimate of drug-likeness (QED) is 0.220. The first-order chi connectivity index (χ1) is 21.7. The summed E-state index contributed by atoms with van der Waals surface area (Å²) in [6.07, 6.45) is 0. The Hall–Kier alpha value is -4.41. The Kier molecular flexibility index (Phi) is 10.0. The minimum atomic E-state index is -4.69. The van der Waals surface area contributed by atoms with Gasteiger partial charge in [0.15, 0.2) is 0 Å². The highest BCUT2D eigenvalue weighted by Gasteiger charge is 2.42. The molecule has 9 heteroatoms.